The Balaban J connectivity index is 2.32. The summed E-state index contributed by atoms with van der Waals surface area (Å²) in [6, 6.07) is 9.83. The maximum Gasteiger partial charge on any atom is 0.332 e. The molecule has 2 aromatic carbocycles. The van der Waals surface area contributed by atoms with Crippen LogP contribution in [-0.2, 0) is 30.1 Å². The average molecular weight is 430 g/mol. The number of sulfonamides is 1. The third-order valence-electron chi connectivity index (χ3n) is 3.15. The van der Waals surface area contributed by atoms with Crippen LogP contribution in [-0.4, -0.2) is 25.3 Å². The van der Waals surface area contributed by atoms with Crippen LogP contribution in [0.1, 0.15) is 0 Å². The number of allylic oxidation sites excluding steroid dienone is 1. The Kier molecular flexibility index (Phi) is 5.69. The van der Waals surface area contributed by atoms with Crippen LogP contribution in [0.4, 0.5) is 9.57 Å². The summed E-state index contributed by atoms with van der Waals surface area (Å²) >= 11 is 0. The molecule has 1 N–H and O–H groups in total. The van der Waals surface area contributed by atoms with E-state index < -0.39 is 39.9 Å². The van der Waals surface area contributed by atoms with Crippen LogP contribution in [0.3, 0.4) is 0 Å². The van der Waals surface area contributed by atoms with Gasteiger partial charge in [0.15, 0.2) is 0 Å². The van der Waals surface area contributed by atoms with Gasteiger partial charge in [0.25, 0.3) is 10.0 Å². The SMILES string of the molecule is N#CC=CS(=O)(=O)c1ccc(NS(=O)(=O)c2cccc(S(=O)(=O)F)c2)cc1. The second-order valence-corrected chi connectivity index (χ2v) is 9.88. The molecule has 2 rings (SSSR count). The standard InChI is InChI=1S/C15H11FN2O6S3/c16-26(21,22)14-3-1-4-15(11-14)27(23,24)18-12-5-7-13(8-6-12)25(19,20)10-2-9-17/h1-8,10-11,18H. The fourth-order valence-corrected chi connectivity index (χ4v) is 4.52. The van der Waals surface area contributed by atoms with E-state index in [9.17, 15) is 29.1 Å². The zero-order valence-corrected chi connectivity index (χ0v) is 15.7. The minimum Gasteiger partial charge on any atom is -0.280 e. The number of benzene rings is 2. The highest BCUT2D eigenvalue weighted by Gasteiger charge is 2.19. The highest BCUT2D eigenvalue weighted by molar-refractivity contribution is 7.94. The molecule has 0 aliphatic carbocycles. The second kappa shape index (κ2) is 7.47. The van der Waals surface area contributed by atoms with Crippen molar-refractivity contribution in [2.45, 2.75) is 14.7 Å². The minimum absolute atomic E-state index is 0.00767. The Morgan fingerprint density at radius 2 is 1.48 bits per heavy atom. The van der Waals surface area contributed by atoms with Crippen molar-refractivity contribution >= 4 is 35.8 Å². The van der Waals surface area contributed by atoms with E-state index in [-0.39, 0.29) is 10.6 Å². The Bertz CT molecular complexity index is 1240. The van der Waals surface area contributed by atoms with Crippen molar-refractivity contribution < 1.29 is 29.1 Å². The number of nitriles is 1. The number of hydrogen-bond acceptors (Lipinski definition) is 7. The Labute approximate surface area is 155 Å². The van der Waals surface area contributed by atoms with E-state index in [4.69, 9.17) is 5.26 Å². The first-order valence-corrected chi connectivity index (χ1v) is 11.4. The molecule has 0 amide bonds. The van der Waals surface area contributed by atoms with E-state index in [1.165, 1.54) is 12.1 Å². The van der Waals surface area contributed by atoms with Crippen LogP contribution in [0.5, 0.6) is 0 Å². The molecule has 142 valence electrons. The van der Waals surface area contributed by atoms with E-state index in [1.807, 2.05) is 0 Å². The van der Waals surface area contributed by atoms with Crippen LogP contribution >= 0.6 is 0 Å². The monoisotopic (exact) mass is 430 g/mol. The molecule has 0 aliphatic heterocycles. The first-order valence-electron chi connectivity index (χ1n) is 6.94. The number of halogens is 1. The molecular formula is C15H11FN2O6S3. The minimum atomic E-state index is -5.08. The van der Waals surface area contributed by atoms with E-state index in [1.54, 1.807) is 6.07 Å². The molecule has 0 spiro atoms. The van der Waals surface area contributed by atoms with Gasteiger partial charge in [0, 0.05) is 17.2 Å². The number of rotatable bonds is 6. The molecular weight excluding hydrogens is 419 g/mol. The maximum atomic E-state index is 13.0. The normalized spacial score (nSPS) is 12.6. The van der Waals surface area contributed by atoms with Gasteiger partial charge >= 0.3 is 10.2 Å². The van der Waals surface area contributed by atoms with E-state index in [2.05, 4.69) is 4.72 Å². The molecule has 2 aromatic rings. The molecule has 0 fully saturated rings. The van der Waals surface area contributed by atoms with Gasteiger partial charge in [-0.3, -0.25) is 4.72 Å². The third-order valence-corrected chi connectivity index (χ3v) is 6.77. The molecule has 0 saturated heterocycles. The summed E-state index contributed by atoms with van der Waals surface area (Å²) < 4.78 is 85.3. The Morgan fingerprint density at radius 1 is 0.889 bits per heavy atom. The summed E-state index contributed by atoms with van der Waals surface area (Å²) in [5.41, 5.74) is -0.00767. The summed E-state index contributed by atoms with van der Waals surface area (Å²) in [6.07, 6.45) is 0.790. The summed E-state index contributed by atoms with van der Waals surface area (Å²) in [6.45, 7) is 0. The van der Waals surface area contributed by atoms with Gasteiger partial charge in [0.1, 0.15) is 0 Å². The van der Waals surface area contributed by atoms with Crippen molar-refractivity contribution in [3.63, 3.8) is 0 Å². The van der Waals surface area contributed by atoms with Gasteiger partial charge in [-0.05, 0) is 42.5 Å². The lowest BCUT2D eigenvalue weighted by atomic mass is 10.3. The van der Waals surface area contributed by atoms with Crippen molar-refractivity contribution in [2.75, 3.05) is 4.72 Å². The maximum absolute atomic E-state index is 13.0. The van der Waals surface area contributed by atoms with Crippen LogP contribution < -0.4 is 4.72 Å². The summed E-state index contributed by atoms with van der Waals surface area (Å²) in [7, 11) is -13.2. The summed E-state index contributed by atoms with van der Waals surface area (Å²) in [5.74, 6) is 0. The number of nitrogens with zero attached hydrogens (tertiary/aromatic N) is 1. The molecule has 27 heavy (non-hydrogen) atoms. The smallest absolute Gasteiger partial charge is 0.280 e. The lowest BCUT2D eigenvalue weighted by Crippen LogP contribution is -2.13. The first-order chi connectivity index (χ1) is 12.5. The Hall–Kier alpha value is -2.75. The quantitative estimate of drug-likeness (QED) is 0.546. The van der Waals surface area contributed by atoms with E-state index in [0.29, 0.717) is 11.5 Å². The van der Waals surface area contributed by atoms with Crippen LogP contribution in [0.25, 0.3) is 0 Å². The van der Waals surface area contributed by atoms with Gasteiger partial charge in [0.2, 0.25) is 9.84 Å². The fourth-order valence-electron chi connectivity index (χ4n) is 1.92. The lowest BCUT2D eigenvalue weighted by molar-refractivity contribution is 0.551. The topological polar surface area (TPSA) is 138 Å². The zero-order valence-electron chi connectivity index (χ0n) is 13.3. The largest absolute Gasteiger partial charge is 0.332 e. The van der Waals surface area contributed by atoms with E-state index >= 15 is 0 Å². The van der Waals surface area contributed by atoms with Gasteiger partial charge in [0.05, 0.1) is 20.8 Å². The number of anilines is 1. The summed E-state index contributed by atoms with van der Waals surface area (Å²) in [4.78, 5) is -1.46. The van der Waals surface area contributed by atoms with Crippen molar-refractivity contribution in [1.82, 2.24) is 0 Å². The van der Waals surface area contributed by atoms with Gasteiger partial charge in [-0.1, -0.05) is 6.07 Å². The number of hydrogen-bond donors (Lipinski definition) is 1. The molecule has 8 nitrogen and oxygen atoms in total. The van der Waals surface area contributed by atoms with Crippen molar-refractivity contribution in [1.29, 1.82) is 5.26 Å². The van der Waals surface area contributed by atoms with Crippen LogP contribution in [0.15, 0.2) is 74.7 Å². The molecule has 0 atom stereocenters. The van der Waals surface area contributed by atoms with Crippen molar-refractivity contribution in [3.05, 3.63) is 60.0 Å². The van der Waals surface area contributed by atoms with Gasteiger partial charge in [-0.2, -0.15) is 13.7 Å². The van der Waals surface area contributed by atoms with Gasteiger partial charge in [-0.15, -0.1) is 3.89 Å². The molecule has 0 aromatic heterocycles. The highest BCUT2D eigenvalue weighted by Crippen LogP contribution is 2.22. The summed E-state index contributed by atoms with van der Waals surface area (Å²) in [5, 5.41) is 9.09. The molecule has 12 heteroatoms. The average Bonchev–Trinajstić information content (AvgIpc) is 2.59. The molecule has 0 heterocycles. The molecule has 0 saturated carbocycles. The zero-order chi connectivity index (χ0) is 20.3. The Morgan fingerprint density at radius 3 is 2.04 bits per heavy atom. The van der Waals surface area contributed by atoms with Gasteiger partial charge in [-0.25, -0.2) is 16.8 Å². The van der Waals surface area contributed by atoms with Crippen molar-refractivity contribution in [3.8, 4) is 6.07 Å². The molecule has 0 unspecified atom stereocenters. The number of nitrogens with one attached hydrogen (secondary N) is 1. The molecule has 0 aliphatic rings. The van der Waals surface area contributed by atoms with Crippen LogP contribution in [0.2, 0.25) is 0 Å². The predicted molar refractivity (Wildman–Crippen MR) is 93.9 cm³/mol. The van der Waals surface area contributed by atoms with E-state index in [0.717, 1.165) is 36.4 Å². The number of sulfone groups is 1. The lowest BCUT2D eigenvalue weighted by Gasteiger charge is -2.09. The second-order valence-electron chi connectivity index (χ2n) is 5.02. The molecule has 0 radical (unpaired) electrons. The first kappa shape index (κ1) is 20.6. The van der Waals surface area contributed by atoms with Gasteiger partial charge < -0.3 is 0 Å². The van der Waals surface area contributed by atoms with Crippen molar-refractivity contribution in [2.24, 2.45) is 0 Å². The predicted octanol–water partition coefficient (Wildman–Crippen LogP) is 1.96. The highest BCUT2D eigenvalue weighted by atomic mass is 32.3. The third kappa shape index (κ3) is 5.13. The fraction of sp³-hybridized carbons (Fsp3) is 0. The van der Waals surface area contributed by atoms with Crippen LogP contribution in [0, 0.1) is 11.3 Å². The molecule has 0 bridgehead atoms.